The summed E-state index contributed by atoms with van der Waals surface area (Å²) in [6, 6.07) is 6.65. The van der Waals surface area contributed by atoms with E-state index in [0.29, 0.717) is 0 Å². The Morgan fingerprint density at radius 1 is 1.25 bits per heavy atom. The molecule has 2 heterocycles. The van der Waals surface area contributed by atoms with Crippen molar-refractivity contribution >= 4 is 21.4 Å². The Labute approximate surface area is 101 Å². The van der Waals surface area contributed by atoms with Crippen LogP contribution in [0.15, 0.2) is 23.6 Å². The van der Waals surface area contributed by atoms with Crippen molar-refractivity contribution in [3.63, 3.8) is 0 Å². The molecule has 3 rings (SSSR count). The van der Waals surface area contributed by atoms with E-state index in [4.69, 9.17) is 0 Å². The standard InChI is InChI=1S/C14H17NS/c1-11-5-4-6-13-12(10-16-14(11)13)9-15-7-2-3-8-15/h4-6,10H,2-3,7-9H2,1H3. The molecule has 1 fully saturated rings. The molecule has 0 radical (unpaired) electrons. The summed E-state index contributed by atoms with van der Waals surface area (Å²) < 4.78 is 1.47. The molecule has 1 saturated heterocycles. The van der Waals surface area contributed by atoms with Crippen molar-refractivity contribution in [2.24, 2.45) is 0 Å². The number of rotatable bonds is 2. The van der Waals surface area contributed by atoms with Gasteiger partial charge in [0.1, 0.15) is 0 Å². The first kappa shape index (κ1) is 10.3. The Kier molecular flexibility index (Phi) is 2.70. The SMILES string of the molecule is Cc1cccc2c(CN3CCCC3)csc12. The van der Waals surface area contributed by atoms with Crippen molar-refractivity contribution in [3.05, 3.63) is 34.7 Å². The number of thiophene rings is 1. The molecule has 0 bridgehead atoms. The number of nitrogens with zero attached hydrogens (tertiary/aromatic N) is 1. The maximum atomic E-state index is 2.57. The van der Waals surface area contributed by atoms with E-state index in [9.17, 15) is 0 Å². The number of aryl methyl sites for hydroxylation is 1. The Balaban J connectivity index is 1.94. The van der Waals surface area contributed by atoms with Crippen LogP contribution in [0.1, 0.15) is 24.0 Å². The predicted octanol–water partition coefficient (Wildman–Crippen LogP) is 3.81. The van der Waals surface area contributed by atoms with Crippen molar-refractivity contribution in [2.45, 2.75) is 26.3 Å². The molecule has 1 aromatic heterocycles. The van der Waals surface area contributed by atoms with E-state index in [2.05, 4.69) is 35.4 Å². The predicted molar refractivity (Wildman–Crippen MR) is 71.1 cm³/mol. The van der Waals surface area contributed by atoms with Gasteiger partial charge in [0.05, 0.1) is 0 Å². The number of hydrogen-bond acceptors (Lipinski definition) is 2. The topological polar surface area (TPSA) is 3.24 Å². The van der Waals surface area contributed by atoms with Gasteiger partial charge in [0.2, 0.25) is 0 Å². The lowest BCUT2D eigenvalue weighted by molar-refractivity contribution is 0.333. The van der Waals surface area contributed by atoms with Crippen molar-refractivity contribution < 1.29 is 0 Å². The molecule has 0 N–H and O–H groups in total. The number of benzene rings is 1. The van der Waals surface area contributed by atoms with Gasteiger partial charge in [-0.15, -0.1) is 11.3 Å². The van der Waals surface area contributed by atoms with Gasteiger partial charge in [-0.1, -0.05) is 18.2 Å². The highest BCUT2D eigenvalue weighted by Gasteiger charge is 2.14. The van der Waals surface area contributed by atoms with Crippen LogP contribution < -0.4 is 0 Å². The van der Waals surface area contributed by atoms with E-state index < -0.39 is 0 Å². The largest absolute Gasteiger partial charge is 0.299 e. The van der Waals surface area contributed by atoms with Gasteiger partial charge in [-0.2, -0.15) is 0 Å². The lowest BCUT2D eigenvalue weighted by Crippen LogP contribution is -2.17. The molecule has 0 unspecified atom stereocenters. The zero-order chi connectivity index (χ0) is 11.0. The van der Waals surface area contributed by atoms with Gasteiger partial charge in [-0.25, -0.2) is 0 Å². The van der Waals surface area contributed by atoms with E-state index in [1.165, 1.54) is 47.1 Å². The zero-order valence-corrected chi connectivity index (χ0v) is 10.5. The van der Waals surface area contributed by atoms with Gasteiger partial charge in [-0.05, 0) is 54.7 Å². The molecule has 2 aromatic rings. The fourth-order valence-corrected chi connectivity index (χ4v) is 3.60. The van der Waals surface area contributed by atoms with Crippen LogP contribution in [-0.2, 0) is 6.54 Å². The second-order valence-electron chi connectivity index (χ2n) is 4.70. The molecule has 0 atom stereocenters. The summed E-state index contributed by atoms with van der Waals surface area (Å²) in [5, 5.41) is 3.81. The second-order valence-corrected chi connectivity index (χ2v) is 5.58. The molecular formula is C14H17NS. The smallest absolute Gasteiger partial charge is 0.0375 e. The first-order valence-corrected chi connectivity index (χ1v) is 6.90. The molecule has 0 saturated carbocycles. The minimum atomic E-state index is 1.14. The van der Waals surface area contributed by atoms with Crippen molar-refractivity contribution in [3.8, 4) is 0 Å². The Morgan fingerprint density at radius 3 is 2.88 bits per heavy atom. The lowest BCUT2D eigenvalue weighted by Gasteiger charge is -2.13. The third kappa shape index (κ3) is 1.76. The molecule has 1 nitrogen and oxygen atoms in total. The van der Waals surface area contributed by atoms with Crippen LogP contribution in [0.5, 0.6) is 0 Å². The fraction of sp³-hybridized carbons (Fsp3) is 0.429. The van der Waals surface area contributed by atoms with Crippen molar-refractivity contribution in [1.82, 2.24) is 4.90 Å². The summed E-state index contributed by atoms with van der Waals surface area (Å²) in [6.45, 7) is 5.91. The summed E-state index contributed by atoms with van der Waals surface area (Å²) in [7, 11) is 0. The lowest BCUT2D eigenvalue weighted by atomic mass is 10.1. The maximum absolute atomic E-state index is 2.57. The second kappa shape index (κ2) is 4.19. The van der Waals surface area contributed by atoms with E-state index >= 15 is 0 Å². The molecule has 0 aliphatic carbocycles. The number of likely N-dealkylation sites (tertiary alicyclic amines) is 1. The normalized spacial score (nSPS) is 17.3. The molecule has 0 spiro atoms. The third-order valence-corrected chi connectivity index (χ3v) is 4.65. The van der Waals surface area contributed by atoms with E-state index in [1.54, 1.807) is 0 Å². The first-order chi connectivity index (χ1) is 7.84. The highest BCUT2D eigenvalue weighted by atomic mass is 32.1. The Bertz CT molecular complexity index is 494. The highest BCUT2D eigenvalue weighted by Crippen LogP contribution is 2.30. The van der Waals surface area contributed by atoms with Gasteiger partial charge in [0, 0.05) is 11.2 Å². The average Bonchev–Trinajstić information content (AvgIpc) is 2.90. The van der Waals surface area contributed by atoms with Crippen molar-refractivity contribution in [2.75, 3.05) is 13.1 Å². The average molecular weight is 231 g/mol. The third-order valence-electron chi connectivity index (χ3n) is 3.47. The van der Waals surface area contributed by atoms with E-state index in [1.807, 2.05) is 11.3 Å². The minimum absolute atomic E-state index is 1.14. The van der Waals surface area contributed by atoms with Gasteiger partial charge in [0.25, 0.3) is 0 Å². The van der Waals surface area contributed by atoms with E-state index in [-0.39, 0.29) is 0 Å². The highest BCUT2D eigenvalue weighted by molar-refractivity contribution is 7.17. The molecule has 2 heteroatoms. The van der Waals surface area contributed by atoms with Crippen LogP contribution in [0.4, 0.5) is 0 Å². The number of hydrogen-bond donors (Lipinski definition) is 0. The quantitative estimate of drug-likeness (QED) is 0.759. The first-order valence-electron chi connectivity index (χ1n) is 6.02. The monoisotopic (exact) mass is 231 g/mol. The van der Waals surface area contributed by atoms with Crippen LogP contribution in [0, 0.1) is 6.92 Å². The molecule has 0 amide bonds. The maximum Gasteiger partial charge on any atom is 0.0375 e. The zero-order valence-electron chi connectivity index (χ0n) is 9.70. The molecular weight excluding hydrogens is 214 g/mol. The van der Waals surface area contributed by atoms with Crippen LogP contribution in [0.3, 0.4) is 0 Å². The van der Waals surface area contributed by atoms with E-state index in [0.717, 1.165) is 6.54 Å². The summed E-state index contributed by atoms with van der Waals surface area (Å²) in [4.78, 5) is 2.57. The summed E-state index contributed by atoms with van der Waals surface area (Å²) in [5.41, 5.74) is 2.93. The fourth-order valence-electron chi connectivity index (χ4n) is 2.56. The minimum Gasteiger partial charge on any atom is -0.299 e. The molecule has 84 valence electrons. The Hall–Kier alpha value is -0.860. The van der Waals surface area contributed by atoms with Gasteiger partial charge >= 0.3 is 0 Å². The van der Waals surface area contributed by atoms with Crippen LogP contribution in [0.2, 0.25) is 0 Å². The van der Waals surface area contributed by atoms with Crippen LogP contribution in [-0.4, -0.2) is 18.0 Å². The Morgan fingerprint density at radius 2 is 2.06 bits per heavy atom. The van der Waals surface area contributed by atoms with Gasteiger partial charge in [-0.3, -0.25) is 4.90 Å². The summed E-state index contributed by atoms with van der Waals surface area (Å²) in [5.74, 6) is 0. The summed E-state index contributed by atoms with van der Waals surface area (Å²) >= 11 is 1.90. The van der Waals surface area contributed by atoms with Gasteiger partial charge < -0.3 is 0 Å². The summed E-state index contributed by atoms with van der Waals surface area (Å²) in [6.07, 6.45) is 2.75. The molecule has 1 aliphatic heterocycles. The molecule has 1 aromatic carbocycles. The number of fused-ring (bicyclic) bond motifs is 1. The van der Waals surface area contributed by atoms with Crippen LogP contribution >= 0.6 is 11.3 Å². The van der Waals surface area contributed by atoms with Crippen LogP contribution in [0.25, 0.3) is 10.1 Å². The van der Waals surface area contributed by atoms with Crippen molar-refractivity contribution in [1.29, 1.82) is 0 Å². The molecule has 1 aliphatic rings. The van der Waals surface area contributed by atoms with Gasteiger partial charge in [0.15, 0.2) is 0 Å². The molecule has 16 heavy (non-hydrogen) atoms.